The highest BCUT2D eigenvalue weighted by molar-refractivity contribution is 7.90. The molecule has 1 aliphatic rings. The van der Waals surface area contributed by atoms with Crippen LogP contribution in [0.4, 0.5) is 0 Å². The zero-order valence-electron chi connectivity index (χ0n) is 10.4. The van der Waals surface area contributed by atoms with Gasteiger partial charge in [-0.3, -0.25) is 0 Å². The quantitative estimate of drug-likeness (QED) is 0.901. The summed E-state index contributed by atoms with van der Waals surface area (Å²) < 4.78 is 22.4. The summed E-state index contributed by atoms with van der Waals surface area (Å²) in [4.78, 5) is 0. The first-order valence-electron chi connectivity index (χ1n) is 6.06. The maximum Gasteiger partial charge on any atom is 0.147 e. The summed E-state index contributed by atoms with van der Waals surface area (Å²) in [6.07, 6.45) is 2.87. The zero-order chi connectivity index (χ0) is 13.2. The SMILES string of the molecule is CS(=O)(=O)CCCC1(c2cccc(Cl)c2)CNC1. The molecule has 0 spiro atoms. The number of nitrogens with one attached hydrogen (secondary N) is 1. The van der Waals surface area contributed by atoms with Crippen LogP contribution in [0.1, 0.15) is 18.4 Å². The molecule has 0 amide bonds. The Morgan fingerprint density at radius 3 is 2.61 bits per heavy atom. The summed E-state index contributed by atoms with van der Waals surface area (Å²) in [6, 6.07) is 7.88. The van der Waals surface area contributed by atoms with E-state index in [9.17, 15) is 8.42 Å². The summed E-state index contributed by atoms with van der Waals surface area (Å²) in [5, 5.41) is 4.01. The first kappa shape index (κ1) is 13.8. The number of benzene rings is 1. The Labute approximate surface area is 113 Å². The van der Waals surface area contributed by atoms with E-state index in [2.05, 4.69) is 11.4 Å². The van der Waals surface area contributed by atoms with E-state index in [4.69, 9.17) is 11.6 Å². The lowest BCUT2D eigenvalue weighted by Crippen LogP contribution is -2.56. The average Bonchev–Trinajstić information content (AvgIpc) is 2.20. The van der Waals surface area contributed by atoms with Crippen molar-refractivity contribution in [1.29, 1.82) is 0 Å². The van der Waals surface area contributed by atoms with Gasteiger partial charge in [-0.15, -0.1) is 0 Å². The maximum atomic E-state index is 11.2. The van der Waals surface area contributed by atoms with Crippen molar-refractivity contribution in [1.82, 2.24) is 5.32 Å². The van der Waals surface area contributed by atoms with Crippen molar-refractivity contribution in [3.8, 4) is 0 Å². The molecule has 0 aliphatic carbocycles. The van der Waals surface area contributed by atoms with E-state index in [1.165, 1.54) is 11.8 Å². The van der Waals surface area contributed by atoms with Crippen LogP contribution in [0.3, 0.4) is 0 Å². The average molecular weight is 288 g/mol. The molecule has 0 aromatic heterocycles. The highest BCUT2D eigenvalue weighted by atomic mass is 35.5. The summed E-state index contributed by atoms with van der Waals surface area (Å²) in [5.41, 5.74) is 1.28. The molecule has 0 saturated carbocycles. The fraction of sp³-hybridized carbons (Fsp3) is 0.538. The van der Waals surface area contributed by atoms with E-state index in [-0.39, 0.29) is 11.2 Å². The van der Waals surface area contributed by atoms with Gasteiger partial charge in [-0.25, -0.2) is 8.42 Å². The van der Waals surface area contributed by atoms with Gasteiger partial charge >= 0.3 is 0 Å². The monoisotopic (exact) mass is 287 g/mol. The first-order valence-corrected chi connectivity index (χ1v) is 8.50. The van der Waals surface area contributed by atoms with E-state index in [1.807, 2.05) is 18.2 Å². The van der Waals surface area contributed by atoms with Crippen LogP contribution in [0, 0.1) is 0 Å². The number of rotatable bonds is 5. The molecule has 0 unspecified atom stereocenters. The normalized spacial score (nSPS) is 18.3. The van der Waals surface area contributed by atoms with Crippen LogP contribution in [0.25, 0.3) is 0 Å². The molecule has 3 nitrogen and oxygen atoms in total. The molecule has 0 atom stereocenters. The van der Waals surface area contributed by atoms with Crippen LogP contribution in [-0.2, 0) is 15.3 Å². The Hall–Kier alpha value is -0.580. The highest BCUT2D eigenvalue weighted by Crippen LogP contribution is 2.34. The fourth-order valence-corrected chi connectivity index (χ4v) is 3.30. The Morgan fingerprint density at radius 2 is 2.11 bits per heavy atom. The first-order chi connectivity index (χ1) is 8.41. The van der Waals surface area contributed by atoms with Crippen LogP contribution in [0.15, 0.2) is 24.3 Å². The fourth-order valence-electron chi connectivity index (χ4n) is 2.44. The lowest BCUT2D eigenvalue weighted by Gasteiger charge is -2.43. The third-order valence-corrected chi connectivity index (χ3v) is 4.80. The van der Waals surface area contributed by atoms with Crippen LogP contribution >= 0.6 is 11.6 Å². The summed E-state index contributed by atoms with van der Waals surface area (Å²) in [7, 11) is -2.87. The Bertz CT molecular complexity index is 524. The molecule has 100 valence electrons. The molecule has 1 aromatic rings. The Balaban J connectivity index is 2.07. The molecule has 1 aromatic carbocycles. The number of sulfone groups is 1. The molecule has 2 rings (SSSR count). The van der Waals surface area contributed by atoms with Crippen LogP contribution in [0.5, 0.6) is 0 Å². The molecule has 1 N–H and O–H groups in total. The molecular formula is C13H18ClNO2S. The minimum Gasteiger partial charge on any atom is -0.315 e. The third-order valence-electron chi connectivity index (χ3n) is 3.53. The van der Waals surface area contributed by atoms with Gasteiger partial charge in [0.15, 0.2) is 0 Å². The standard InChI is InChI=1S/C13H18ClNO2S/c1-18(16,17)7-3-6-13(9-15-10-13)11-4-2-5-12(14)8-11/h2,4-5,8,15H,3,6-7,9-10H2,1H3. The van der Waals surface area contributed by atoms with Gasteiger partial charge in [-0.05, 0) is 30.5 Å². The molecule has 1 fully saturated rings. The second-order valence-corrected chi connectivity index (χ2v) is 7.82. The van der Waals surface area contributed by atoms with E-state index >= 15 is 0 Å². The molecule has 1 heterocycles. The number of halogens is 1. The van der Waals surface area contributed by atoms with Gasteiger partial charge in [-0.2, -0.15) is 0 Å². The second-order valence-electron chi connectivity index (χ2n) is 5.13. The number of hydrogen-bond acceptors (Lipinski definition) is 3. The molecule has 18 heavy (non-hydrogen) atoms. The number of hydrogen-bond donors (Lipinski definition) is 1. The van der Waals surface area contributed by atoms with Gasteiger partial charge in [0.1, 0.15) is 9.84 Å². The summed E-state index contributed by atoms with van der Waals surface area (Å²) in [5.74, 6) is 0.259. The molecule has 5 heteroatoms. The predicted octanol–water partition coefficient (Wildman–Crippen LogP) is 2.01. The minimum absolute atomic E-state index is 0.0651. The molecular weight excluding hydrogens is 270 g/mol. The zero-order valence-corrected chi connectivity index (χ0v) is 12.0. The molecule has 1 saturated heterocycles. The molecule has 0 bridgehead atoms. The molecule has 0 radical (unpaired) electrons. The van der Waals surface area contributed by atoms with Crippen LogP contribution < -0.4 is 5.32 Å². The third kappa shape index (κ3) is 3.25. The van der Waals surface area contributed by atoms with E-state index in [0.717, 1.165) is 24.5 Å². The van der Waals surface area contributed by atoms with Crippen molar-refractivity contribution in [2.45, 2.75) is 18.3 Å². The largest absolute Gasteiger partial charge is 0.315 e. The Morgan fingerprint density at radius 1 is 1.39 bits per heavy atom. The van der Waals surface area contributed by atoms with Crippen molar-refractivity contribution < 1.29 is 8.42 Å². The van der Waals surface area contributed by atoms with Crippen molar-refractivity contribution in [2.75, 3.05) is 25.1 Å². The maximum absolute atomic E-state index is 11.2. The van der Waals surface area contributed by atoms with Gasteiger partial charge in [0, 0.05) is 35.5 Å². The summed E-state index contributed by atoms with van der Waals surface area (Å²) >= 11 is 6.02. The predicted molar refractivity (Wildman–Crippen MR) is 74.9 cm³/mol. The van der Waals surface area contributed by atoms with Gasteiger partial charge in [-0.1, -0.05) is 23.7 Å². The lowest BCUT2D eigenvalue weighted by atomic mass is 9.72. The van der Waals surface area contributed by atoms with Gasteiger partial charge in [0.25, 0.3) is 0 Å². The van der Waals surface area contributed by atoms with E-state index in [0.29, 0.717) is 6.42 Å². The lowest BCUT2D eigenvalue weighted by molar-refractivity contribution is 0.256. The van der Waals surface area contributed by atoms with Crippen molar-refractivity contribution in [3.63, 3.8) is 0 Å². The van der Waals surface area contributed by atoms with Crippen LogP contribution in [-0.4, -0.2) is 33.5 Å². The van der Waals surface area contributed by atoms with Gasteiger partial charge < -0.3 is 5.32 Å². The van der Waals surface area contributed by atoms with Crippen molar-refractivity contribution in [2.24, 2.45) is 0 Å². The van der Waals surface area contributed by atoms with E-state index in [1.54, 1.807) is 0 Å². The van der Waals surface area contributed by atoms with Crippen molar-refractivity contribution in [3.05, 3.63) is 34.9 Å². The second kappa shape index (κ2) is 5.19. The topological polar surface area (TPSA) is 46.2 Å². The highest BCUT2D eigenvalue weighted by Gasteiger charge is 2.38. The van der Waals surface area contributed by atoms with Gasteiger partial charge in [0.2, 0.25) is 0 Å². The van der Waals surface area contributed by atoms with Crippen LogP contribution in [0.2, 0.25) is 5.02 Å². The van der Waals surface area contributed by atoms with Gasteiger partial charge in [0.05, 0.1) is 0 Å². The Kier molecular flexibility index (Phi) is 3.99. The van der Waals surface area contributed by atoms with E-state index < -0.39 is 9.84 Å². The van der Waals surface area contributed by atoms with Crippen molar-refractivity contribution >= 4 is 21.4 Å². The smallest absolute Gasteiger partial charge is 0.147 e. The molecule has 1 aliphatic heterocycles. The minimum atomic E-state index is -2.87. The summed E-state index contributed by atoms with van der Waals surface area (Å²) in [6.45, 7) is 1.80.